The van der Waals surface area contributed by atoms with Gasteiger partial charge in [-0.25, -0.2) is 0 Å². The van der Waals surface area contributed by atoms with Gasteiger partial charge < -0.3 is 9.57 Å². The molecule has 2 fully saturated rings. The zero-order valence-corrected chi connectivity index (χ0v) is 13.1. The van der Waals surface area contributed by atoms with E-state index >= 15 is 0 Å². The molecule has 0 radical (unpaired) electrons. The number of halogens is 1. The number of benzene rings is 1. The summed E-state index contributed by atoms with van der Waals surface area (Å²) in [4.78, 5) is 5.80. The third-order valence-electron chi connectivity index (χ3n) is 4.19. The highest BCUT2D eigenvalue weighted by molar-refractivity contribution is 9.09. The maximum Gasteiger partial charge on any atom is 0.227 e. The fraction of sp³-hybridized carbons (Fsp3) is 0.562. The summed E-state index contributed by atoms with van der Waals surface area (Å²) in [6.45, 7) is 0.494. The Balaban J connectivity index is 1.57. The van der Waals surface area contributed by atoms with Gasteiger partial charge in [-0.1, -0.05) is 57.8 Å². The molecular formula is C16H20BrNO2. The van der Waals surface area contributed by atoms with Crippen molar-refractivity contribution < 1.29 is 9.57 Å². The summed E-state index contributed by atoms with van der Waals surface area (Å²) in [6.07, 6.45) is 6.90. The van der Waals surface area contributed by atoms with Gasteiger partial charge in [0.15, 0.2) is 0 Å². The Bertz CT molecular complexity index is 469. The molecule has 1 aliphatic heterocycles. The van der Waals surface area contributed by atoms with E-state index in [1.165, 1.54) is 19.3 Å². The SMILES string of the molecule is BrC1C/C(=N/OCc2ccccc2)OC12CCCCC2. The molecule has 0 aromatic heterocycles. The van der Waals surface area contributed by atoms with Crippen molar-refractivity contribution in [1.82, 2.24) is 0 Å². The summed E-state index contributed by atoms with van der Waals surface area (Å²) < 4.78 is 6.12. The van der Waals surface area contributed by atoms with Gasteiger partial charge in [-0.3, -0.25) is 0 Å². The fourth-order valence-electron chi connectivity index (χ4n) is 3.05. The molecule has 4 heteroatoms. The van der Waals surface area contributed by atoms with Crippen LogP contribution in [0.25, 0.3) is 0 Å². The predicted molar refractivity (Wildman–Crippen MR) is 82.9 cm³/mol. The van der Waals surface area contributed by atoms with Crippen molar-refractivity contribution in [3.05, 3.63) is 35.9 Å². The lowest BCUT2D eigenvalue weighted by Crippen LogP contribution is -2.38. The number of rotatable bonds is 3. The molecule has 1 saturated heterocycles. The Morgan fingerprint density at radius 2 is 1.95 bits per heavy atom. The van der Waals surface area contributed by atoms with Crippen LogP contribution in [-0.4, -0.2) is 16.3 Å². The number of alkyl halides is 1. The first-order valence-electron chi connectivity index (χ1n) is 7.34. The number of ether oxygens (including phenoxy) is 1. The van der Waals surface area contributed by atoms with Gasteiger partial charge in [0.25, 0.3) is 0 Å². The largest absolute Gasteiger partial charge is 0.471 e. The average molecular weight is 338 g/mol. The molecule has 1 aliphatic carbocycles. The minimum absolute atomic E-state index is 0.0345. The van der Waals surface area contributed by atoms with Crippen molar-refractivity contribution in [2.24, 2.45) is 5.16 Å². The molecule has 0 amide bonds. The highest BCUT2D eigenvalue weighted by Crippen LogP contribution is 2.44. The van der Waals surface area contributed by atoms with Gasteiger partial charge in [0, 0.05) is 6.42 Å². The normalized spacial score (nSPS) is 26.6. The second-order valence-electron chi connectivity index (χ2n) is 5.64. The van der Waals surface area contributed by atoms with E-state index in [0.717, 1.165) is 30.7 Å². The van der Waals surface area contributed by atoms with Gasteiger partial charge in [0.1, 0.15) is 12.2 Å². The van der Waals surface area contributed by atoms with E-state index in [1.54, 1.807) is 0 Å². The molecule has 1 saturated carbocycles. The second kappa shape index (κ2) is 6.17. The van der Waals surface area contributed by atoms with Crippen LogP contribution in [0.4, 0.5) is 0 Å². The molecule has 1 spiro atoms. The van der Waals surface area contributed by atoms with Crippen molar-refractivity contribution in [2.45, 2.75) is 55.6 Å². The van der Waals surface area contributed by atoms with Crippen molar-refractivity contribution in [3.8, 4) is 0 Å². The third kappa shape index (κ3) is 3.00. The van der Waals surface area contributed by atoms with E-state index in [0.29, 0.717) is 11.4 Å². The van der Waals surface area contributed by atoms with Gasteiger partial charge >= 0.3 is 0 Å². The maximum atomic E-state index is 6.12. The molecule has 0 bridgehead atoms. The van der Waals surface area contributed by atoms with Crippen LogP contribution in [0, 0.1) is 0 Å². The first kappa shape index (κ1) is 13.9. The zero-order chi connectivity index (χ0) is 13.8. The molecular weight excluding hydrogens is 318 g/mol. The fourth-order valence-corrected chi connectivity index (χ4v) is 3.88. The summed E-state index contributed by atoms with van der Waals surface area (Å²) in [6, 6.07) is 10.1. The molecule has 3 nitrogen and oxygen atoms in total. The highest BCUT2D eigenvalue weighted by atomic mass is 79.9. The molecule has 0 N–H and O–H groups in total. The smallest absolute Gasteiger partial charge is 0.227 e. The second-order valence-corrected chi connectivity index (χ2v) is 6.75. The van der Waals surface area contributed by atoms with Crippen molar-refractivity contribution in [2.75, 3.05) is 0 Å². The summed E-state index contributed by atoms with van der Waals surface area (Å²) in [5.74, 6) is 0.740. The number of hydrogen-bond donors (Lipinski definition) is 0. The Hall–Kier alpha value is -1.03. The number of oxime groups is 1. The van der Waals surface area contributed by atoms with Crippen LogP contribution in [-0.2, 0) is 16.2 Å². The Morgan fingerprint density at radius 1 is 1.20 bits per heavy atom. The monoisotopic (exact) mass is 337 g/mol. The molecule has 1 unspecified atom stereocenters. The molecule has 1 heterocycles. The van der Waals surface area contributed by atoms with Crippen LogP contribution in [0.2, 0.25) is 0 Å². The van der Waals surface area contributed by atoms with Crippen LogP contribution in [0.5, 0.6) is 0 Å². The number of hydrogen-bond acceptors (Lipinski definition) is 3. The first-order valence-corrected chi connectivity index (χ1v) is 8.26. The summed E-state index contributed by atoms with van der Waals surface area (Å²) in [5, 5.41) is 4.18. The summed E-state index contributed by atoms with van der Waals surface area (Å²) >= 11 is 3.77. The molecule has 1 aromatic carbocycles. The van der Waals surface area contributed by atoms with E-state index in [2.05, 4.69) is 21.1 Å². The maximum absolute atomic E-state index is 6.12. The molecule has 3 rings (SSSR count). The van der Waals surface area contributed by atoms with Crippen molar-refractivity contribution >= 4 is 21.8 Å². The lowest BCUT2D eigenvalue weighted by atomic mass is 9.83. The minimum atomic E-state index is -0.0345. The van der Waals surface area contributed by atoms with Gasteiger partial charge in [0.2, 0.25) is 5.90 Å². The topological polar surface area (TPSA) is 30.8 Å². The van der Waals surface area contributed by atoms with E-state index in [4.69, 9.17) is 9.57 Å². The molecule has 1 aromatic rings. The van der Waals surface area contributed by atoms with Crippen LogP contribution in [0.3, 0.4) is 0 Å². The molecule has 2 aliphatic rings. The first-order chi connectivity index (χ1) is 9.78. The van der Waals surface area contributed by atoms with Crippen LogP contribution < -0.4 is 0 Å². The van der Waals surface area contributed by atoms with E-state index < -0.39 is 0 Å². The Kier molecular flexibility index (Phi) is 4.29. The van der Waals surface area contributed by atoms with Crippen molar-refractivity contribution in [1.29, 1.82) is 0 Å². The number of nitrogens with zero attached hydrogens (tertiary/aromatic N) is 1. The van der Waals surface area contributed by atoms with Crippen LogP contribution in [0.1, 0.15) is 44.1 Å². The molecule has 108 valence electrons. The lowest BCUT2D eigenvalue weighted by molar-refractivity contribution is 0.0365. The molecule has 1 atom stereocenters. The highest BCUT2D eigenvalue weighted by Gasteiger charge is 2.47. The zero-order valence-electron chi connectivity index (χ0n) is 11.6. The summed E-state index contributed by atoms with van der Waals surface area (Å²) in [7, 11) is 0. The minimum Gasteiger partial charge on any atom is -0.471 e. The lowest BCUT2D eigenvalue weighted by Gasteiger charge is -2.34. The Labute approximate surface area is 128 Å². The van der Waals surface area contributed by atoms with Gasteiger partial charge in [0.05, 0.1) is 4.83 Å². The van der Waals surface area contributed by atoms with Gasteiger partial charge in [-0.2, -0.15) is 0 Å². The quantitative estimate of drug-likeness (QED) is 0.604. The van der Waals surface area contributed by atoms with Gasteiger partial charge in [-0.05, 0) is 31.2 Å². The van der Waals surface area contributed by atoms with E-state index in [9.17, 15) is 0 Å². The predicted octanol–water partition coefficient (Wildman–Crippen LogP) is 4.40. The third-order valence-corrected chi connectivity index (χ3v) is 5.34. The van der Waals surface area contributed by atoms with Crippen LogP contribution >= 0.6 is 15.9 Å². The summed E-state index contributed by atoms with van der Waals surface area (Å²) in [5.41, 5.74) is 1.09. The standard InChI is InChI=1S/C16H20BrNO2/c17-14-11-15(20-16(14)9-5-2-6-10-16)18-19-12-13-7-3-1-4-8-13/h1,3-4,7-8,14H,2,5-6,9-12H2/b18-15-. The molecule has 20 heavy (non-hydrogen) atoms. The van der Waals surface area contributed by atoms with Crippen LogP contribution in [0.15, 0.2) is 35.5 Å². The van der Waals surface area contributed by atoms with E-state index in [-0.39, 0.29) is 5.60 Å². The van der Waals surface area contributed by atoms with Crippen molar-refractivity contribution in [3.63, 3.8) is 0 Å². The van der Waals surface area contributed by atoms with Gasteiger partial charge in [-0.15, -0.1) is 0 Å². The van der Waals surface area contributed by atoms with E-state index in [1.807, 2.05) is 30.3 Å². The Morgan fingerprint density at radius 3 is 2.70 bits per heavy atom. The average Bonchev–Trinajstić information content (AvgIpc) is 2.77.